The van der Waals surface area contributed by atoms with E-state index in [1.165, 1.54) is 0 Å². The lowest BCUT2D eigenvalue weighted by molar-refractivity contribution is 0.122. The Hall–Kier alpha value is 0.230. The number of rotatable bonds is 5. The first-order valence-electron chi connectivity index (χ1n) is 3.65. The van der Waals surface area contributed by atoms with Crippen molar-refractivity contribution in [3.8, 4) is 0 Å². The summed E-state index contributed by atoms with van der Waals surface area (Å²) >= 11 is 1.55. The minimum absolute atomic E-state index is 0.366. The molecule has 0 aliphatic heterocycles. The van der Waals surface area contributed by atoms with E-state index in [2.05, 4.69) is 4.90 Å². The van der Waals surface area contributed by atoms with Crippen molar-refractivity contribution in [1.82, 2.24) is 9.80 Å². The molecule has 11 heavy (non-hydrogen) atoms. The van der Waals surface area contributed by atoms with Crippen LogP contribution in [0, 0.1) is 0 Å². The van der Waals surface area contributed by atoms with Crippen LogP contribution in [0.25, 0.3) is 0 Å². The smallest absolute Gasteiger partial charge is 0.155 e. The highest BCUT2D eigenvalue weighted by molar-refractivity contribution is 7.99. The highest BCUT2D eigenvalue weighted by atomic mass is 32.2. The van der Waals surface area contributed by atoms with E-state index in [1.54, 1.807) is 16.7 Å². The first-order chi connectivity index (χ1) is 5.04. The Balaban J connectivity index is 3.24. The summed E-state index contributed by atoms with van der Waals surface area (Å²) in [4.78, 5) is 3.90. The number of thioether (sulfide) groups is 1. The topological polar surface area (TPSA) is 26.7 Å². The van der Waals surface area contributed by atoms with Crippen LogP contribution in [0.2, 0.25) is 0 Å². The number of aliphatic hydroxyl groups excluding tert-OH is 1. The van der Waals surface area contributed by atoms with Crippen molar-refractivity contribution >= 4 is 11.8 Å². The Bertz CT molecular complexity index is 98.4. The van der Waals surface area contributed by atoms with Gasteiger partial charge in [0.1, 0.15) is 0 Å². The Labute approximate surface area is 73.4 Å². The molecular weight excluding hydrogens is 160 g/mol. The van der Waals surface area contributed by atoms with E-state index in [9.17, 15) is 5.11 Å². The van der Waals surface area contributed by atoms with Gasteiger partial charge < -0.3 is 10.0 Å². The lowest BCUT2D eigenvalue weighted by Crippen LogP contribution is -2.26. The highest BCUT2D eigenvalue weighted by Gasteiger charge is 2.05. The Morgan fingerprint density at radius 2 is 1.82 bits per heavy atom. The molecule has 0 radical (unpaired) electrons. The lowest BCUT2D eigenvalue weighted by atomic mass is 10.7. The van der Waals surface area contributed by atoms with Crippen LogP contribution in [0.4, 0.5) is 0 Å². The van der Waals surface area contributed by atoms with Crippen molar-refractivity contribution in [1.29, 1.82) is 0 Å². The van der Waals surface area contributed by atoms with Crippen LogP contribution in [0.1, 0.15) is 0 Å². The van der Waals surface area contributed by atoms with Crippen molar-refractivity contribution in [3.05, 3.63) is 0 Å². The molecule has 0 saturated heterocycles. The zero-order chi connectivity index (χ0) is 8.85. The van der Waals surface area contributed by atoms with Crippen LogP contribution in [-0.4, -0.2) is 61.0 Å². The van der Waals surface area contributed by atoms with Gasteiger partial charge in [-0.15, -0.1) is 11.8 Å². The number of hydrogen-bond donors (Lipinski definition) is 1. The lowest BCUT2D eigenvalue weighted by Gasteiger charge is -2.18. The zero-order valence-electron chi connectivity index (χ0n) is 7.74. The molecule has 0 bridgehead atoms. The van der Waals surface area contributed by atoms with E-state index in [4.69, 9.17) is 0 Å². The van der Waals surface area contributed by atoms with E-state index in [0.29, 0.717) is 0 Å². The summed E-state index contributed by atoms with van der Waals surface area (Å²) in [5.74, 6) is 0.965. The number of aliphatic hydroxyl groups is 1. The quantitative estimate of drug-likeness (QED) is 0.605. The average molecular weight is 178 g/mol. The molecule has 0 fully saturated rings. The van der Waals surface area contributed by atoms with Gasteiger partial charge in [0.15, 0.2) is 5.56 Å². The minimum Gasteiger partial charge on any atom is -0.369 e. The maximum absolute atomic E-state index is 9.31. The molecule has 0 aromatic carbocycles. The zero-order valence-corrected chi connectivity index (χ0v) is 8.56. The van der Waals surface area contributed by atoms with E-state index < -0.39 is 0 Å². The second-order valence-electron chi connectivity index (χ2n) is 2.96. The molecule has 0 rings (SSSR count). The molecule has 1 N–H and O–H groups in total. The summed E-state index contributed by atoms with van der Waals surface area (Å²) in [6, 6.07) is 0. The summed E-state index contributed by atoms with van der Waals surface area (Å²) < 4.78 is 0. The SMILES string of the molecule is CN(C)CCSC(O)N(C)C. The third-order valence-electron chi connectivity index (χ3n) is 1.25. The standard InChI is InChI=1S/C7H18N2OS/c1-8(2)5-6-11-7(10)9(3)4/h7,10H,5-6H2,1-4H3. The molecule has 4 heteroatoms. The second-order valence-corrected chi connectivity index (χ2v) is 4.13. The van der Waals surface area contributed by atoms with Gasteiger partial charge in [0.05, 0.1) is 0 Å². The molecule has 0 aromatic heterocycles. The maximum atomic E-state index is 9.31. The van der Waals surface area contributed by atoms with Crippen molar-refractivity contribution in [2.75, 3.05) is 40.5 Å². The van der Waals surface area contributed by atoms with Gasteiger partial charge in [-0.2, -0.15) is 0 Å². The predicted octanol–water partition coefficient (Wildman–Crippen LogP) is 0.119. The van der Waals surface area contributed by atoms with E-state index in [0.717, 1.165) is 12.3 Å². The molecule has 1 unspecified atom stereocenters. The normalized spacial score (nSPS) is 14.5. The second kappa shape index (κ2) is 5.83. The van der Waals surface area contributed by atoms with Gasteiger partial charge in [0.25, 0.3) is 0 Å². The molecule has 0 aliphatic carbocycles. The maximum Gasteiger partial charge on any atom is 0.155 e. The summed E-state index contributed by atoms with van der Waals surface area (Å²) in [5, 5.41) is 9.31. The van der Waals surface area contributed by atoms with Gasteiger partial charge in [-0.25, -0.2) is 0 Å². The van der Waals surface area contributed by atoms with Gasteiger partial charge in [-0.3, -0.25) is 4.90 Å². The molecule has 68 valence electrons. The Kier molecular flexibility index (Phi) is 5.95. The van der Waals surface area contributed by atoms with E-state index in [1.807, 2.05) is 28.2 Å². The van der Waals surface area contributed by atoms with Crippen molar-refractivity contribution in [2.24, 2.45) is 0 Å². The van der Waals surface area contributed by atoms with E-state index >= 15 is 0 Å². The molecule has 1 atom stereocenters. The molecule has 0 saturated carbocycles. The summed E-state index contributed by atoms with van der Waals surface area (Å²) in [7, 11) is 7.80. The van der Waals surface area contributed by atoms with E-state index in [-0.39, 0.29) is 5.56 Å². The largest absolute Gasteiger partial charge is 0.369 e. The minimum atomic E-state index is -0.366. The summed E-state index contributed by atoms with van der Waals surface area (Å²) in [6.45, 7) is 1.01. The van der Waals surface area contributed by atoms with Gasteiger partial charge in [0.2, 0.25) is 0 Å². The molecule has 0 aromatic rings. The third-order valence-corrected chi connectivity index (χ3v) is 2.39. The van der Waals surface area contributed by atoms with Crippen LogP contribution >= 0.6 is 11.8 Å². The first kappa shape index (κ1) is 11.2. The fourth-order valence-corrected chi connectivity index (χ4v) is 1.47. The molecule has 3 nitrogen and oxygen atoms in total. The number of nitrogens with zero attached hydrogens (tertiary/aromatic N) is 2. The Morgan fingerprint density at radius 1 is 1.27 bits per heavy atom. The van der Waals surface area contributed by atoms with Crippen molar-refractivity contribution < 1.29 is 5.11 Å². The van der Waals surface area contributed by atoms with Crippen LogP contribution in [-0.2, 0) is 0 Å². The van der Waals surface area contributed by atoms with Crippen molar-refractivity contribution in [2.45, 2.75) is 5.56 Å². The third kappa shape index (κ3) is 6.62. The highest BCUT2D eigenvalue weighted by Crippen LogP contribution is 2.08. The van der Waals surface area contributed by atoms with Gasteiger partial charge in [-0.05, 0) is 28.2 Å². The Morgan fingerprint density at radius 3 is 2.18 bits per heavy atom. The fraction of sp³-hybridized carbons (Fsp3) is 1.00. The molecule has 0 amide bonds. The van der Waals surface area contributed by atoms with Crippen molar-refractivity contribution in [3.63, 3.8) is 0 Å². The van der Waals surface area contributed by atoms with Gasteiger partial charge in [-0.1, -0.05) is 0 Å². The van der Waals surface area contributed by atoms with Crippen LogP contribution in [0.3, 0.4) is 0 Å². The summed E-state index contributed by atoms with van der Waals surface area (Å²) in [5.41, 5.74) is -0.366. The molecule has 0 heterocycles. The number of hydrogen-bond acceptors (Lipinski definition) is 4. The summed E-state index contributed by atoms with van der Waals surface area (Å²) in [6.07, 6.45) is 0. The van der Waals surface area contributed by atoms with Crippen LogP contribution in [0.5, 0.6) is 0 Å². The molecular formula is C7H18N2OS. The molecule has 0 aliphatic rings. The monoisotopic (exact) mass is 178 g/mol. The van der Waals surface area contributed by atoms with Crippen LogP contribution < -0.4 is 0 Å². The van der Waals surface area contributed by atoms with Crippen LogP contribution in [0.15, 0.2) is 0 Å². The van der Waals surface area contributed by atoms with Gasteiger partial charge in [0, 0.05) is 12.3 Å². The van der Waals surface area contributed by atoms with Gasteiger partial charge >= 0.3 is 0 Å². The predicted molar refractivity (Wildman–Crippen MR) is 50.7 cm³/mol. The molecule has 0 spiro atoms. The average Bonchev–Trinajstić information content (AvgIpc) is 1.86. The first-order valence-corrected chi connectivity index (χ1v) is 4.69. The fourth-order valence-electron chi connectivity index (χ4n) is 0.490.